The van der Waals surface area contributed by atoms with Gasteiger partial charge in [0.2, 0.25) is 0 Å². The lowest BCUT2D eigenvalue weighted by atomic mass is 9.98. The van der Waals surface area contributed by atoms with Gasteiger partial charge in [0.25, 0.3) is 0 Å². The van der Waals surface area contributed by atoms with E-state index in [0.29, 0.717) is 0 Å². The molecule has 0 radical (unpaired) electrons. The summed E-state index contributed by atoms with van der Waals surface area (Å²) in [5, 5.41) is 4.78. The number of para-hydroxylation sites is 4. The van der Waals surface area contributed by atoms with Gasteiger partial charge in [-0.1, -0.05) is 188 Å². The zero-order chi connectivity index (χ0) is 45.7. The van der Waals surface area contributed by atoms with Crippen LogP contribution in [0.5, 0.6) is 0 Å². The lowest BCUT2D eigenvalue weighted by Crippen LogP contribution is -2.09. The van der Waals surface area contributed by atoms with Crippen molar-refractivity contribution in [3.63, 3.8) is 0 Å². The summed E-state index contributed by atoms with van der Waals surface area (Å²) >= 11 is 0. The average Bonchev–Trinajstić information content (AvgIpc) is 3.97. The molecule has 0 amide bonds. The van der Waals surface area contributed by atoms with Gasteiger partial charge in [0, 0.05) is 44.2 Å². The maximum Gasteiger partial charge on any atom is 0.136 e. The zero-order valence-electron chi connectivity index (χ0n) is 37.7. The number of aromatic nitrogens is 1. The Labute approximate surface area is 401 Å². The van der Waals surface area contributed by atoms with Gasteiger partial charge in [-0.15, -0.1) is 0 Å². The van der Waals surface area contributed by atoms with E-state index in [9.17, 15) is 0 Å². The highest BCUT2D eigenvalue weighted by Crippen LogP contribution is 2.41. The number of hydrogen-bond donors (Lipinski definition) is 0. The number of rotatable bonds is 9. The van der Waals surface area contributed by atoms with Crippen molar-refractivity contribution in [2.75, 3.05) is 4.90 Å². The van der Waals surface area contributed by atoms with Gasteiger partial charge in [0.05, 0.1) is 16.7 Å². The lowest BCUT2D eigenvalue weighted by molar-refractivity contribution is 0.669. The van der Waals surface area contributed by atoms with Crippen molar-refractivity contribution in [1.82, 2.24) is 4.57 Å². The number of nitrogens with zero attached hydrogens (tertiary/aromatic N) is 2. The minimum atomic E-state index is 0.901. The molecule has 0 fully saturated rings. The van der Waals surface area contributed by atoms with Crippen LogP contribution in [0.4, 0.5) is 17.1 Å². The molecule has 3 heteroatoms. The Balaban J connectivity index is 0.857. The van der Waals surface area contributed by atoms with E-state index in [1.54, 1.807) is 0 Å². The quantitative estimate of drug-likeness (QED) is 0.144. The van der Waals surface area contributed by atoms with Crippen LogP contribution in [0.2, 0.25) is 0 Å². The third kappa shape index (κ3) is 7.25. The number of fused-ring (bicyclic) bond motifs is 6. The third-order valence-electron chi connectivity index (χ3n) is 13.6. The van der Waals surface area contributed by atoms with Gasteiger partial charge in [-0.2, -0.15) is 0 Å². The van der Waals surface area contributed by atoms with Crippen molar-refractivity contribution in [1.29, 1.82) is 0 Å². The Hall–Kier alpha value is -9.18. The molecular weight excluding hydrogens is 837 g/mol. The molecule has 2 aromatic heterocycles. The molecule has 0 unspecified atom stereocenters. The summed E-state index contributed by atoms with van der Waals surface area (Å²) in [6.45, 7) is 0. The van der Waals surface area contributed by atoms with Gasteiger partial charge in [-0.05, 0) is 129 Å². The first kappa shape index (κ1) is 40.1. The lowest BCUT2D eigenvalue weighted by Gasteiger charge is -2.26. The van der Waals surface area contributed by atoms with E-state index >= 15 is 0 Å². The molecular formula is C66H44N2O. The average molecular weight is 881 g/mol. The molecule has 0 spiro atoms. The van der Waals surface area contributed by atoms with Crippen LogP contribution in [-0.4, -0.2) is 4.57 Å². The predicted octanol–water partition coefficient (Wildman–Crippen LogP) is 18.5. The Bertz CT molecular complexity index is 3920. The first-order valence-corrected chi connectivity index (χ1v) is 23.6. The second-order valence-electron chi connectivity index (χ2n) is 17.7. The smallest absolute Gasteiger partial charge is 0.136 e. The van der Waals surface area contributed by atoms with Crippen LogP contribution >= 0.6 is 0 Å². The summed E-state index contributed by atoms with van der Waals surface area (Å²) in [4.78, 5) is 2.35. The molecule has 0 atom stereocenters. The van der Waals surface area contributed by atoms with Crippen LogP contribution in [0.3, 0.4) is 0 Å². The Morgan fingerprint density at radius 1 is 0.261 bits per heavy atom. The number of anilines is 3. The first-order chi connectivity index (χ1) is 34.2. The highest BCUT2D eigenvalue weighted by atomic mass is 16.3. The Morgan fingerprint density at radius 2 is 0.667 bits per heavy atom. The van der Waals surface area contributed by atoms with E-state index in [1.165, 1.54) is 49.6 Å². The Kier molecular flexibility index (Phi) is 9.84. The molecule has 0 aliphatic rings. The van der Waals surface area contributed by atoms with Crippen molar-refractivity contribution >= 4 is 60.8 Å². The molecule has 2 heterocycles. The van der Waals surface area contributed by atoms with E-state index in [2.05, 4.69) is 264 Å². The van der Waals surface area contributed by atoms with Crippen LogP contribution in [0, 0.1) is 0 Å². The fraction of sp³-hybridized carbons (Fsp3) is 0. The van der Waals surface area contributed by atoms with E-state index in [4.69, 9.17) is 4.42 Å². The maximum absolute atomic E-state index is 6.26. The van der Waals surface area contributed by atoms with Gasteiger partial charge >= 0.3 is 0 Å². The standard InChI is InChI=1S/C66H44N2O/c1-2-13-45(14-3-1)46-25-27-47(28-26-46)48-29-36-54(37-30-48)67(55-38-31-49(32-39-55)51-15-12-16-52(43-51)53-35-42-61-60-20-7-11-24-65(60)69-66(61)44-53)56-40-33-50(34-41-56)57-17-4-8-21-62(57)68-63-22-9-5-18-58(63)59-19-6-10-23-64(59)68/h1-44H. The number of hydrogen-bond acceptors (Lipinski definition) is 2. The Morgan fingerprint density at radius 3 is 1.29 bits per heavy atom. The highest BCUT2D eigenvalue weighted by molar-refractivity contribution is 6.10. The molecule has 0 aliphatic heterocycles. The van der Waals surface area contributed by atoms with Crippen molar-refractivity contribution in [3.8, 4) is 61.3 Å². The summed E-state index contributed by atoms with van der Waals surface area (Å²) in [7, 11) is 0. The van der Waals surface area contributed by atoms with Gasteiger partial charge in [0.15, 0.2) is 0 Å². The summed E-state index contributed by atoms with van der Waals surface area (Å²) in [5.41, 5.74) is 20.3. The molecule has 0 N–H and O–H groups in total. The monoisotopic (exact) mass is 880 g/mol. The van der Waals surface area contributed by atoms with Gasteiger partial charge in [0.1, 0.15) is 11.2 Å². The van der Waals surface area contributed by atoms with Crippen LogP contribution < -0.4 is 4.90 Å². The van der Waals surface area contributed by atoms with Gasteiger partial charge < -0.3 is 13.9 Å². The van der Waals surface area contributed by atoms with E-state index in [0.717, 1.165) is 72.5 Å². The second-order valence-corrected chi connectivity index (χ2v) is 17.7. The molecule has 11 aromatic carbocycles. The van der Waals surface area contributed by atoms with E-state index < -0.39 is 0 Å². The normalized spacial score (nSPS) is 11.5. The number of benzene rings is 11. The molecule has 13 aromatic rings. The SMILES string of the molecule is c1ccc(-c2ccc(-c3ccc(N(c4ccc(-c5cccc(-c6ccc7c(c6)oc6ccccc67)c5)cc4)c4ccc(-c5ccccc5-n5c6ccccc6c6ccccc65)cc4)cc3)cc2)cc1. The van der Waals surface area contributed by atoms with Crippen molar-refractivity contribution in [2.45, 2.75) is 0 Å². The van der Waals surface area contributed by atoms with Crippen molar-refractivity contribution in [3.05, 3.63) is 267 Å². The molecule has 0 aliphatic carbocycles. The maximum atomic E-state index is 6.26. The summed E-state index contributed by atoms with van der Waals surface area (Å²) in [6.07, 6.45) is 0. The van der Waals surface area contributed by atoms with Gasteiger partial charge in [-0.3, -0.25) is 0 Å². The minimum absolute atomic E-state index is 0.901. The van der Waals surface area contributed by atoms with Crippen LogP contribution in [-0.2, 0) is 0 Å². The fourth-order valence-corrected chi connectivity index (χ4v) is 10.2. The van der Waals surface area contributed by atoms with Gasteiger partial charge in [-0.25, -0.2) is 0 Å². The van der Waals surface area contributed by atoms with Crippen molar-refractivity contribution in [2.24, 2.45) is 0 Å². The van der Waals surface area contributed by atoms with E-state index in [1.807, 2.05) is 12.1 Å². The third-order valence-corrected chi connectivity index (χ3v) is 13.6. The second kappa shape index (κ2) is 16.9. The summed E-state index contributed by atoms with van der Waals surface area (Å²) in [5.74, 6) is 0. The molecule has 0 saturated heterocycles. The van der Waals surface area contributed by atoms with Crippen LogP contribution in [0.15, 0.2) is 271 Å². The number of furan rings is 1. The van der Waals surface area contributed by atoms with E-state index in [-0.39, 0.29) is 0 Å². The molecule has 324 valence electrons. The van der Waals surface area contributed by atoms with Crippen molar-refractivity contribution < 1.29 is 4.42 Å². The first-order valence-electron chi connectivity index (χ1n) is 23.6. The fourth-order valence-electron chi connectivity index (χ4n) is 10.2. The largest absolute Gasteiger partial charge is 0.456 e. The van der Waals surface area contributed by atoms with Crippen LogP contribution in [0.1, 0.15) is 0 Å². The predicted molar refractivity (Wildman–Crippen MR) is 290 cm³/mol. The molecule has 13 rings (SSSR count). The molecule has 0 bridgehead atoms. The highest BCUT2D eigenvalue weighted by Gasteiger charge is 2.18. The topological polar surface area (TPSA) is 21.3 Å². The zero-order valence-corrected chi connectivity index (χ0v) is 37.7. The van der Waals surface area contributed by atoms with Crippen LogP contribution in [0.25, 0.3) is 105 Å². The summed E-state index contributed by atoms with van der Waals surface area (Å²) in [6, 6.07) is 96.1. The molecule has 0 saturated carbocycles. The minimum Gasteiger partial charge on any atom is -0.456 e. The molecule has 3 nitrogen and oxygen atoms in total. The molecule has 69 heavy (non-hydrogen) atoms. The summed E-state index contributed by atoms with van der Waals surface area (Å²) < 4.78 is 8.67.